The maximum absolute atomic E-state index is 12.4. The van der Waals surface area contributed by atoms with Gasteiger partial charge in [-0.2, -0.15) is 0 Å². The van der Waals surface area contributed by atoms with Crippen LogP contribution in [0.3, 0.4) is 0 Å². The Labute approximate surface area is 108 Å². The van der Waals surface area contributed by atoms with E-state index in [2.05, 4.69) is 33.3 Å². The second kappa shape index (κ2) is 3.67. The first kappa shape index (κ1) is 11.9. The fourth-order valence-corrected chi connectivity index (χ4v) is 3.58. The molecule has 3 aliphatic rings. The zero-order chi connectivity index (χ0) is 13.1. The number of likely N-dealkylation sites (N-methyl/N-ethyl adjacent to an activating group) is 1. The molecule has 1 heterocycles. The van der Waals surface area contributed by atoms with E-state index in [0.29, 0.717) is 18.4 Å². The van der Waals surface area contributed by atoms with Crippen LogP contribution < -0.4 is 0 Å². The molecule has 4 heteroatoms. The Morgan fingerprint density at radius 3 is 2.06 bits per heavy atom. The van der Waals surface area contributed by atoms with Gasteiger partial charge in [0.2, 0.25) is 11.8 Å². The van der Waals surface area contributed by atoms with Crippen LogP contribution in [0, 0.1) is 23.7 Å². The molecule has 0 aromatic rings. The minimum atomic E-state index is -0.0417. The van der Waals surface area contributed by atoms with Gasteiger partial charge in [0.15, 0.2) is 0 Å². The molecule has 1 saturated heterocycles. The highest BCUT2D eigenvalue weighted by atomic mass is 16.2. The van der Waals surface area contributed by atoms with Gasteiger partial charge < -0.3 is 4.48 Å². The van der Waals surface area contributed by atoms with Crippen molar-refractivity contribution in [2.75, 3.05) is 34.2 Å². The Balaban J connectivity index is 1.76. The highest BCUT2D eigenvalue weighted by molar-refractivity contribution is 6.06. The lowest BCUT2D eigenvalue weighted by atomic mass is 9.85. The second-order valence-electron chi connectivity index (χ2n) is 6.84. The van der Waals surface area contributed by atoms with Gasteiger partial charge in [-0.15, -0.1) is 0 Å². The minimum Gasteiger partial charge on any atom is -0.329 e. The summed E-state index contributed by atoms with van der Waals surface area (Å²) in [6.45, 7) is 1.38. The summed E-state index contributed by atoms with van der Waals surface area (Å²) in [6.07, 6.45) is 5.29. The third kappa shape index (κ3) is 1.62. The summed E-state index contributed by atoms with van der Waals surface area (Å²) in [6, 6.07) is 0. The first-order chi connectivity index (χ1) is 8.38. The number of imide groups is 1. The summed E-state index contributed by atoms with van der Waals surface area (Å²) >= 11 is 0. The number of carbonyl (C=O) groups excluding carboxylic acids is 2. The number of carbonyl (C=O) groups is 2. The fourth-order valence-electron chi connectivity index (χ4n) is 3.58. The highest BCUT2D eigenvalue weighted by Gasteiger charge is 2.59. The third-order valence-electron chi connectivity index (χ3n) is 4.56. The van der Waals surface area contributed by atoms with Crippen molar-refractivity contribution in [1.29, 1.82) is 0 Å². The summed E-state index contributed by atoms with van der Waals surface area (Å²) in [4.78, 5) is 26.3. The highest BCUT2D eigenvalue weighted by Crippen LogP contribution is 2.52. The van der Waals surface area contributed by atoms with Gasteiger partial charge >= 0.3 is 0 Å². The van der Waals surface area contributed by atoms with Crippen molar-refractivity contribution >= 4 is 11.8 Å². The minimum absolute atomic E-state index is 0.0417. The Kier molecular flexibility index (Phi) is 2.43. The number of nitrogens with zero attached hydrogens (tertiary/aromatic N) is 2. The van der Waals surface area contributed by atoms with Crippen LogP contribution in [0.15, 0.2) is 12.2 Å². The number of amides is 2. The van der Waals surface area contributed by atoms with Crippen LogP contribution >= 0.6 is 0 Å². The molecular formula is C14H21N2O2+. The molecule has 2 aliphatic carbocycles. The van der Waals surface area contributed by atoms with Crippen LogP contribution in [0.4, 0.5) is 0 Å². The number of rotatable bonds is 3. The zero-order valence-corrected chi connectivity index (χ0v) is 11.3. The molecule has 1 saturated carbocycles. The Hall–Kier alpha value is -1.16. The van der Waals surface area contributed by atoms with Gasteiger partial charge in [0.05, 0.1) is 46.1 Å². The van der Waals surface area contributed by atoms with Gasteiger partial charge in [-0.1, -0.05) is 12.2 Å². The molecule has 2 fully saturated rings. The van der Waals surface area contributed by atoms with Crippen LogP contribution in [0.5, 0.6) is 0 Å². The maximum Gasteiger partial charge on any atom is 0.233 e. The number of fused-ring (bicyclic) bond motifs is 5. The predicted molar refractivity (Wildman–Crippen MR) is 67.3 cm³/mol. The van der Waals surface area contributed by atoms with E-state index < -0.39 is 0 Å². The summed E-state index contributed by atoms with van der Waals surface area (Å²) < 4.78 is 0.775. The number of hydrogen-bond donors (Lipinski definition) is 0. The molecule has 2 bridgehead atoms. The molecule has 18 heavy (non-hydrogen) atoms. The van der Waals surface area contributed by atoms with Gasteiger partial charge in [-0.25, -0.2) is 0 Å². The van der Waals surface area contributed by atoms with E-state index >= 15 is 0 Å². The molecule has 0 N–H and O–H groups in total. The molecule has 0 unspecified atom stereocenters. The quantitative estimate of drug-likeness (QED) is 0.415. The lowest BCUT2D eigenvalue weighted by Crippen LogP contribution is -2.44. The predicted octanol–water partition coefficient (Wildman–Crippen LogP) is 0.500. The van der Waals surface area contributed by atoms with E-state index in [9.17, 15) is 9.59 Å². The molecular weight excluding hydrogens is 228 g/mol. The van der Waals surface area contributed by atoms with E-state index in [1.165, 1.54) is 4.90 Å². The van der Waals surface area contributed by atoms with Crippen molar-refractivity contribution in [2.45, 2.75) is 6.42 Å². The number of quaternary nitrogens is 1. The molecule has 0 aromatic carbocycles. The average Bonchev–Trinajstić information content (AvgIpc) is 2.90. The van der Waals surface area contributed by atoms with E-state index in [0.717, 1.165) is 17.4 Å². The Bertz CT molecular complexity index is 406. The Morgan fingerprint density at radius 1 is 1.11 bits per heavy atom. The molecule has 4 nitrogen and oxygen atoms in total. The van der Waals surface area contributed by atoms with Crippen molar-refractivity contribution in [3.8, 4) is 0 Å². The topological polar surface area (TPSA) is 37.4 Å². The van der Waals surface area contributed by atoms with Gasteiger partial charge in [-0.05, 0) is 18.3 Å². The lowest BCUT2D eigenvalue weighted by Gasteiger charge is -2.26. The summed E-state index contributed by atoms with van der Waals surface area (Å²) in [5, 5.41) is 0. The molecule has 0 spiro atoms. The van der Waals surface area contributed by atoms with Crippen LogP contribution in [-0.2, 0) is 9.59 Å². The van der Waals surface area contributed by atoms with E-state index in [4.69, 9.17) is 0 Å². The van der Waals surface area contributed by atoms with Crippen molar-refractivity contribution in [3.63, 3.8) is 0 Å². The molecule has 0 radical (unpaired) electrons. The first-order valence-corrected chi connectivity index (χ1v) is 6.72. The number of allylic oxidation sites excluding steroid dienone is 2. The average molecular weight is 249 g/mol. The van der Waals surface area contributed by atoms with Crippen molar-refractivity contribution in [2.24, 2.45) is 23.7 Å². The van der Waals surface area contributed by atoms with Crippen LogP contribution in [-0.4, -0.2) is 55.4 Å². The SMILES string of the molecule is C[N+](C)(C)CCN1C(=O)[C@@H]2[C@H](C1=O)[C@H]1C=C[C@@H]2C1. The fraction of sp³-hybridized carbons (Fsp3) is 0.714. The molecule has 2 amide bonds. The lowest BCUT2D eigenvalue weighted by molar-refractivity contribution is -0.869. The van der Waals surface area contributed by atoms with Crippen molar-refractivity contribution in [1.82, 2.24) is 4.90 Å². The van der Waals surface area contributed by atoms with E-state index in [-0.39, 0.29) is 23.7 Å². The molecule has 1 aliphatic heterocycles. The van der Waals surface area contributed by atoms with Crippen LogP contribution in [0.1, 0.15) is 6.42 Å². The monoisotopic (exact) mass is 249 g/mol. The normalized spacial score (nSPS) is 37.8. The van der Waals surface area contributed by atoms with Gasteiger partial charge in [-0.3, -0.25) is 14.5 Å². The van der Waals surface area contributed by atoms with E-state index in [1.54, 1.807) is 0 Å². The van der Waals surface area contributed by atoms with Crippen molar-refractivity contribution in [3.05, 3.63) is 12.2 Å². The first-order valence-electron chi connectivity index (χ1n) is 6.72. The standard InChI is InChI=1S/C14H21N2O2/c1-16(2,3)7-6-15-13(17)11-9-4-5-10(8-9)12(11)14(15)18/h4-5,9-12H,6-8H2,1-3H3/q+1/t9-,10+,11+,12-. The van der Waals surface area contributed by atoms with Gasteiger partial charge in [0.25, 0.3) is 0 Å². The van der Waals surface area contributed by atoms with Gasteiger partial charge in [0, 0.05) is 0 Å². The molecule has 3 rings (SSSR count). The zero-order valence-electron chi connectivity index (χ0n) is 11.3. The summed E-state index contributed by atoms with van der Waals surface area (Å²) in [5.41, 5.74) is 0. The number of hydrogen-bond acceptors (Lipinski definition) is 2. The molecule has 98 valence electrons. The van der Waals surface area contributed by atoms with Crippen LogP contribution in [0.25, 0.3) is 0 Å². The second-order valence-corrected chi connectivity index (χ2v) is 6.84. The van der Waals surface area contributed by atoms with Crippen LogP contribution in [0.2, 0.25) is 0 Å². The summed E-state index contributed by atoms with van der Waals surface area (Å²) in [7, 11) is 6.24. The van der Waals surface area contributed by atoms with Gasteiger partial charge in [0.1, 0.15) is 0 Å². The maximum atomic E-state index is 12.4. The van der Waals surface area contributed by atoms with E-state index in [1.807, 2.05) is 0 Å². The molecule has 4 atom stereocenters. The third-order valence-corrected chi connectivity index (χ3v) is 4.56. The summed E-state index contributed by atoms with van der Waals surface area (Å²) in [5.74, 6) is 0.724. The van der Waals surface area contributed by atoms with Crippen molar-refractivity contribution < 1.29 is 14.1 Å². The Morgan fingerprint density at radius 2 is 1.61 bits per heavy atom. The largest absolute Gasteiger partial charge is 0.329 e. The smallest absolute Gasteiger partial charge is 0.233 e. The number of likely N-dealkylation sites (tertiary alicyclic amines) is 1. The molecule has 0 aromatic heterocycles.